The molecule has 1 aliphatic rings. The molecule has 2 heteroatoms. The van der Waals surface area contributed by atoms with Crippen LogP contribution in [0.1, 0.15) is 35.6 Å². The lowest BCUT2D eigenvalue weighted by atomic mass is 9.95. The maximum atomic E-state index is 9.84. The highest BCUT2D eigenvalue weighted by atomic mass is 16.3. The second-order valence-corrected chi connectivity index (χ2v) is 4.38. The smallest absolute Gasteiger partial charge is 0.120 e. The summed E-state index contributed by atoms with van der Waals surface area (Å²) in [4.78, 5) is 0. The molecule has 0 amide bonds. The van der Waals surface area contributed by atoms with E-state index in [0.29, 0.717) is 11.7 Å². The van der Waals surface area contributed by atoms with Gasteiger partial charge in [-0.15, -0.1) is 0 Å². The quantitative estimate of drug-likeness (QED) is 0.754. The van der Waals surface area contributed by atoms with Crippen LogP contribution in [0.2, 0.25) is 0 Å². The minimum Gasteiger partial charge on any atom is -0.508 e. The molecule has 1 aromatic carbocycles. The minimum atomic E-state index is 0.0237. The van der Waals surface area contributed by atoms with Gasteiger partial charge in [-0.2, -0.15) is 0 Å². The molecule has 1 saturated carbocycles. The summed E-state index contributed by atoms with van der Waals surface area (Å²) in [5.41, 5.74) is 9.24. The van der Waals surface area contributed by atoms with E-state index in [0.717, 1.165) is 16.7 Å². The number of hydrogen-bond donors (Lipinski definition) is 2. The molecule has 0 bridgehead atoms. The maximum absolute atomic E-state index is 9.84. The van der Waals surface area contributed by atoms with E-state index < -0.39 is 0 Å². The molecule has 0 spiro atoms. The van der Waals surface area contributed by atoms with Crippen LogP contribution in [0, 0.1) is 19.8 Å². The third-order valence-corrected chi connectivity index (χ3v) is 2.97. The molecule has 1 atom stereocenters. The molecule has 2 rings (SSSR count). The van der Waals surface area contributed by atoms with Gasteiger partial charge in [-0.3, -0.25) is 0 Å². The van der Waals surface area contributed by atoms with Crippen molar-refractivity contribution >= 4 is 0 Å². The Labute approximate surface area is 84.7 Å². The van der Waals surface area contributed by atoms with Crippen LogP contribution in [0.5, 0.6) is 5.75 Å². The van der Waals surface area contributed by atoms with Crippen molar-refractivity contribution in [3.8, 4) is 5.75 Å². The van der Waals surface area contributed by atoms with Gasteiger partial charge in [0.1, 0.15) is 5.75 Å². The van der Waals surface area contributed by atoms with Crippen LogP contribution in [0.4, 0.5) is 0 Å². The zero-order valence-corrected chi connectivity index (χ0v) is 8.75. The highest BCUT2D eigenvalue weighted by Crippen LogP contribution is 2.43. The van der Waals surface area contributed by atoms with E-state index in [1.807, 2.05) is 13.8 Å². The Morgan fingerprint density at radius 2 is 2.00 bits per heavy atom. The molecule has 0 radical (unpaired) electrons. The number of rotatable bonds is 2. The Bertz CT molecular complexity index is 332. The Balaban J connectivity index is 2.40. The van der Waals surface area contributed by atoms with Crippen LogP contribution >= 0.6 is 0 Å². The standard InChI is InChI=1S/C12H17NO/c1-7-5-8(2)11(10(14)6-7)12(13)9-3-4-9/h5-6,9,12,14H,3-4,13H2,1-2H3/t12-/m1/s1. The molecule has 2 nitrogen and oxygen atoms in total. The van der Waals surface area contributed by atoms with Crippen LogP contribution in [-0.4, -0.2) is 5.11 Å². The van der Waals surface area contributed by atoms with Gasteiger partial charge in [0.05, 0.1) is 0 Å². The van der Waals surface area contributed by atoms with E-state index in [1.165, 1.54) is 12.8 Å². The lowest BCUT2D eigenvalue weighted by molar-refractivity contribution is 0.454. The van der Waals surface area contributed by atoms with Gasteiger partial charge < -0.3 is 10.8 Å². The summed E-state index contributed by atoms with van der Waals surface area (Å²) >= 11 is 0. The van der Waals surface area contributed by atoms with Crippen molar-refractivity contribution in [2.45, 2.75) is 32.7 Å². The zero-order chi connectivity index (χ0) is 10.3. The number of aryl methyl sites for hydroxylation is 2. The van der Waals surface area contributed by atoms with E-state index in [-0.39, 0.29) is 6.04 Å². The number of aromatic hydroxyl groups is 1. The van der Waals surface area contributed by atoms with Crippen LogP contribution < -0.4 is 5.73 Å². The summed E-state index contributed by atoms with van der Waals surface area (Å²) in [7, 11) is 0. The first-order valence-corrected chi connectivity index (χ1v) is 5.15. The molecule has 0 heterocycles. The van der Waals surface area contributed by atoms with Gasteiger partial charge >= 0.3 is 0 Å². The third-order valence-electron chi connectivity index (χ3n) is 2.97. The van der Waals surface area contributed by atoms with Crippen molar-refractivity contribution in [1.29, 1.82) is 0 Å². The van der Waals surface area contributed by atoms with E-state index in [1.54, 1.807) is 6.07 Å². The molecule has 3 N–H and O–H groups in total. The Morgan fingerprint density at radius 1 is 1.36 bits per heavy atom. The Kier molecular flexibility index (Phi) is 2.23. The Morgan fingerprint density at radius 3 is 2.50 bits per heavy atom. The normalized spacial score (nSPS) is 18.2. The molecular weight excluding hydrogens is 174 g/mol. The first-order valence-electron chi connectivity index (χ1n) is 5.15. The fourth-order valence-corrected chi connectivity index (χ4v) is 2.08. The van der Waals surface area contributed by atoms with Gasteiger partial charge in [0, 0.05) is 11.6 Å². The summed E-state index contributed by atoms with van der Waals surface area (Å²) < 4.78 is 0. The Hall–Kier alpha value is -1.02. The van der Waals surface area contributed by atoms with Crippen LogP contribution in [0.25, 0.3) is 0 Å². The highest BCUT2D eigenvalue weighted by molar-refractivity contribution is 5.44. The molecule has 0 unspecified atom stereocenters. The largest absolute Gasteiger partial charge is 0.508 e. The summed E-state index contributed by atoms with van der Waals surface area (Å²) in [5.74, 6) is 0.948. The third kappa shape index (κ3) is 1.62. The molecule has 14 heavy (non-hydrogen) atoms. The summed E-state index contributed by atoms with van der Waals surface area (Å²) in [6.45, 7) is 4.00. The minimum absolute atomic E-state index is 0.0237. The first kappa shape index (κ1) is 9.53. The van der Waals surface area contributed by atoms with Gasteiger partial charge in [0.25, 0.3) is 0 Å². The number of phenolic OH excluding ortho intramolecular Hbond substituents is 1. The van der Waals surface area contributed by atoms with Crippen molar-refractivity contribution in [2.75, 3.05) is 0 Å². The SMILES string of the molecule is Cc1cc(C)c([C@H](N)C2CC2)c(O)c1. The van der Waals surface area contributed by atoms with Crippen molar-refractivity contribution in [3.05, 3.63) is 28.8 Å². The van der Waals surface area contributed by atoms with Gasteiger partial charge in [-0.25, -0.2) is 0 Å². The molecule has 76 valence electrons. The average Bonchev–Trinajstić information content (AvgIpc) is 2.83. The highest BCUT2D eigenvalue weighted by Gasteiger charge is 2.31. The summed E-state index contributed by atoms with van der Waals surface area (Å²) in [5, 5.41) is 9.84. The van der Waals surface area contributed by atoms with Crippen molar-refractivity contribution in [2.24, 2.45) is 11.7 Å². The van der Waals surface area contributed by atoms with Crippen LogP contribution in [0.15, 0.2) is 12.1 Å². The second-order valence-electron chi connectivity index (χ2n) is 4.38. The molecular formula is C12H17NO. The predicted molar refractivity (Wildman–Crippen MR) is 57.2 cm³/mol. The number of phenols is 1. The molecule has 0 aromatic heterocycles. The van der Waals surface area contributed by atoms with E-state index in [4.69, 9.17) is 5.73 Å². The van der Waals surface area contributed by atoms with Gasteiger partial charge in [-0.05, 0) is 49.8 Å². The van der Waals surface area contributed by atoms with Crippen molar-refractivity contribution < 1.29 is 5.11 Å². The van der Waals surface area contributed by atoms with Gasteiger partial charge in [0.15, 0.2) is 0 Å². The van der Waals surface area contributed by atoms with E-state index in [2.05, 4.69) is 6.07 Å². The average molecular weight is 191 g/mol. The second kappa shape index (κ2) is 3.28. The predicted octanol–water partition coefficient (Wildman–Crippen LogP) is 2.42. The van der Waals surface area contributed by atoms with Crippen molar-refractivity contribution in [1.82, 2.24) is 0 Å². The number of hydrogen-bond acceptors (Lipinski definition) is 2. The fraction of sp³-hybridized carbons (Fsp3) is 0.500. The lowest BCUT2D eigenvalue weighted by Gasteiger charge is -2.16. The van der Waals surface area contributed by atoms with E-state index >= 15 is 0 Å². The molecule has 0 saturated heterocycles. The lowest BCUT2D eigenvalue weighted by Crippen LogP contribution is -2.14. The van der Waals surface area contributed by atoms with Gasteiger partial charge in [0.2, 0.25) is 0 Å². The first-order chi connectivity index (χ1) is 6.59. The molecule has 1 aromatic rings. The topological polar surface area (TPSA) is 46.2 Å². The summed E-state index contributed by atoms with van der Waals surface area (Å²) in [6.07, 6.45) is 2.40. The molecule has 1 fully saturated rings. The summed E-state index contributed by atoms with van der Waals surface area (Å²) in [6, 6.07) is 3.90. The zero-order valence-electron chi connectivity index (χ0n) is 8.75. The van der Waals surface area contributed by atoms with Gasteiger partial charge in [-0.1, -0.05) is 6.07 Å². The van der Waals surface area contributed by atoms with E-state index in [9.17, 15) is 5.11 Å². The van der Waals surface area contributed by atoms with Crippen molar-refractivity contribution in [3.63, 3.8) is 0 Å². The fourth-order valence-electron chi connectivity index (χ4n) is 2.08. The van der Waals surface area contributed by atoms with Crippen LogP contribution in [0.3, 0.4) is 0 Å². The monoisotopic (exact) mass is 191 g/mol. The maximum Gasteiger partial charge on any atom is 0.120 e. The molecule has 0 aliphatic heterocycles. The molecule has 1 aliphatic carbocycles. The number of benzene rings is 1. The van der Waals surface area contributed by atoms with Crippen LogP contribution in [-0.2, 0) is 0 Å². The number of nitrogens with two attached hydrogens (primary N) is 1.